The lowest BCUT2D eigenvalue weighted by atomic mass is 9.94. The third-order valence-corrected chi connectivity index (χ3v) is 3.17. The minimum absolute atomic E-state index is 0.156. The Balaban J connectivity index is 2.20. The lowest BCUT2D eigenvalue weighted by Gasteiger charge is -2.37. The third-order valence-electron chi connectivity index (χ3n) is 3.17. The number of carbonyl (C=O) groups excluding carboxylic acids is 1. The highest BCUT2D eigenvalue weighted by molar-refractivity contribution is 5.99. The Kier molecular flexibility index (Phi) is 3.49. The number of hydrogen-bond donors (Lipinski definition) is 3. The summed E-state index contributed by atoms with van der Waals surface area (Å²) in [5, 5.41) is 10.0. The van der Waals surface area contributed by atoms with E-state index in [1.807, 2.05) is 0 Å². The monoisotopic (exact) mass is 250 g/mol. The summed E-state index contributed by atoms with van der Waals surface area (Å²) in [4.78, 5) is 17.9. The van der Waals surface area contributed by atoms with Gasteiger partial charge in [-0.05, 0) is 25.8 Å². The predicted octanol–water partition coefficient (Wildman–Crippen LogP) is 0.354. The number of aromatic nitrogens is 1. The molecule has 1 amide bonds. The fraction of sp³-hybridized carbons (Fsp3) is 0.500. The number of nitrogens with zero attached hydrogens (tertiary/aromatic N) is 2. The van der Waals surface area contributed by atoms with Crippen LogP contribution in [-0.2, 0) is 0 Å². The number of likely N-dealkylation sites (tertiary alicyclic amines) is 1. The number of β-amino-alcohol motifs (C(OH)–C–C–N with tert-alkyl or cyclic N) is 1. The topological polar surface area (TPSA) is 91.5 Å². The SMILES string of the molecule is CC1(O)CCCN(C(=O)c2cnccc2NN)C1. The van der Waals surface area contributed by atoms with E-state index >= 15 is 0 Å². The Hall–Kier alpha value is -1.66. The van der Waals surface area contributed by atoms with Gasteiger partial charge in [-0.2, -0.15) is 0 Å². The van der Waals surface area contributed by atoms with Crippen molar-refractivity contribution in [2.75, 3.05) is 18.5 Å². The summed E-state index contributed by atoms with van der Waals surface area (Å²) in [6, 6.07) is 1.65. The molecule has 2 heterocycles. The number of carbonyl (C=O) groups is 1. The summed E-state index contributed by atoms with van der Waals surface area (Å²) in [6.07, 6.45) is 4.56. The summed E-state index contributed by atoms with van der Waals surface area (Å²) in [5.74, 6) is 5.22. The average Bonchev–Trinajstić information content (AvgIpc) is 2.36. The highest BCUT2D eigenvalue weighted by Gasteiger charge is 2.32. The van der Waals surface area contributed by atoms with Crippen LogP contribution in [0.2, 0.25) is 0 Å². The first-order chi connectivity index (χ1) is 8.53. The largest absolute Gasteiger partial charge is 0.388 e. The smallest absolute Gasteiger partial charge is 0.257 e. The van der Waals surface area contributed by atoms with Crippen molar-refractivity contribution in [2.24, 2.45) is 5.84 Å². The van der Waals surface area contributed by atoms with Crippen LogP contribution in [0.3, 0.4) is 0 Å². The second-order valence-corrected chi connectivity index (χ2v) is 4.89. The number of hydrazine groups is 1. The van der Waals surface area contributed by atoms with Crippen LogP contribution in [0.4, 0.5) is 5.69 Å². The number of rotatable bonds is 2. The van der Waals surface area contributed by atoms with Crippen LogP contribution in [0.15, 0.2) is 18.5 Å². The van der Waals surface area contributed by atoms with Gasteiger partial charge in [0.05, 0.1) is 16.9 Å². The number of nitrogens with two attached hydrogens (primary N) is 1. The summed E-state index contributed by atoms with van der Waals surface area (Å²) < 4.78 is 0. The first kappa shape index (κ1) is 12.8. The van der Waals surface area contributed by atoms with Crippen molar-refractivity contribution in [3.05, 3.63) is 24.0 Å². The average molecular weight is 250 g/mol. The lowest BCUT2D eigenvalue weighted by Crippen LogP contribution is -2.48. The molecule has 1 aliphatic heterocycles. The Labute approximate surface area is 106 Å². The normalized spacial score (nSPS) is 23.8. The minimum Gasteiger partial charge on any atom is -0.388 e. The number of nitrogens with one attached hydrogen (secondary N) is 1. The molecule has 2 rings (SSSR count). The van der Waals surface area contributed by atoms with Crippen molar-refractivity contribution < 1.29 is 9.90 Å². The van der Waals surface area contributed by atoms with E-state index in [1.165, 1.54) is 6.20 Å². The molecule has 1 aromatic heterocycles. The van der Waals surface area contributed by atoms with Crippen LogP contribution in [-0.4, -0.2) is 39.6 Å². The number of anilines is 1. The number of aliphatic hydroxyl groups is 1. The summed E-state index contributed by atoms with van der Waals surface area (Å²) in [5.41, 5.74) is 2.64. The van der Waals surface area contributed by atoms with Crippen molar-refractivity contribution in [2.45, 2.75) is 25.4 Å². The lowest BCUT2D eigenvalue weighted by molar-refractivity contribution is -0.0107. The van der Waals surface area contributed by atoms with Crippen LogP contribution in [0.1, 0.15) is 30.1 Å². The van der Waals surface area contributed by atoms with Crippen molar-refractivity contribution in [1.29, 1.82) is 0 Å². The molecule has 1 atom stereocenters. The molecule has 0 aromatic carbocycles. The van der Waals surface area contributed by atoms with Gasteiger partial charge in [0.1, 0.15) is 0 Å². The summed E-state index contributed by atoms with van der Waals surface area (Å²) >= 11 is 0. The van der Waals surface area contributed by atoms with Crippen LogP contribution < -0.4 is 11.3 Å². The zero-order chi connectivity index (χ0) is 13.2. The van der Waals surface area contributed by atoms with E-state index in [9.17, 15) is 9.90 Å². The van der Waals surface area contributed by atoms with E-state index in [0.717, 1.165) is 6.42 Å². The van der Waals surface area contributed by atoms with Crippen molar-refractivity contribution in [3.8, 4) is 0 Å². The molecule has 0 radical (unpaired) electrons. The van der Waals surface area contributed by atoms with E-state index in [1.54, 1.807) is 24.1 Å². The molecule has 4 N–H and O–H groups in total. The highest BCUT2D eigenvalue weighted by atomic mass is 16.3. The molecule has 1 unspecified atom stereocenters. The quantitative estimate of drug-likeness (QED) is 0.520. The van der Waals surface area contributed by atoms with Gasteiger partial charge in [-0.3, -0.25) is 15.6 Å². The van der Waals surface area contributed by atoms with E-state index in [2.05, 4.69) is 10.4 Å². The van der Waals surface area contributed by atoms with Gasteiger partial charge in [-0.1, -0.05) is 0 Å². The number of nitrogen functional groups attached to an aromatic ring is 1. The van der Waals surface area contributed by atoms with E-state index in [-0.39, 0.29) is 5.91 Å². The van der Waals surface area contributed by atoms with Gasteiger partial charge < -0.3 is 15.4 Å². The number of amides is 1. The van der Waals surface area contributed by atoms with E-state index < -0.39 is 5.60 Å². The van der Waals surface area contributed by atoms with E-state index in [0.29, 0.717) is 30.8 Å². The minimum atomic E-state index is -0.813. The van der Waals surface area contributed by atoms with E-state index in [4.69, 9.17) is 5.84 Å². The fourth-order valence-corrected chi connectivity index (χ4v) is 2.25. The Bertz CT molecular complexity index is 447. The second kappa shape index (κ2) is 4.91. The van der Waals surface area contributed by atoms with Gasteiger partial charge in [-0.25, -0.2) is 0 Å². The van der Waals surface area contributed by atoms with Gasteiger partial charge in [-0.15, -0.1) is 0 Å². The zero-order valence-corrected chi connectivity index (χ0v) is 10.4. The molecular formula is C12H18N4O2. The first-order valence-electron chi connectivity index (χ1n) is 5.96. The molecule has 18 heavy (non-hydrogen) atoms. The van der Waals surface area contributed by atoms with Crippen LogP contribution in [0.5, 0.6) is 0 Å². The second-order valence-electron chi connectivity index (χ2n) is 4.89. The maximum Gasteiger partial charge on any atom is 0.257 e. The van der Waals surface area contributed by atoms with Crippen molar-refractivity contribution >= 4 is 11.6 Å². The van der Waals surface area contributed by atoms with Crippen LogP contribution >= 0.6 is 0 Å². The first-order valence-corrected chi connectivity index (χ1v) is 5.96. The fourth-order valence-electron chi connectivity index (χ4n) is 2.25. The molecule has 1 aliphatic rings. The molecule has 6 heteroatoms. The number of piperidine rings is 1. The molecule has 1 saturated heterocycles. The molecule has 0 saturated carbocycles. The zero-order valence-electron chi connectivity index (χ0n) is 10.4. The molecule has 6 nitrogen and oxygen atoms in total. The summed E-state index contributed by atoms with van der Waals surface area (Å²) in [7, 11) is 0. The molecule has 0 spiro atoms. The molecule has 98 valence electrons. The van der Waals surface area contributed by atoms with Gasteiger partial charge in [0.15, 0.2) is 0 Å². The molecule has 0 aliphatic carbocycles. The standard InChI is InChI=1S/C12H18N4O2/c1-12(18)4-2-6-16(8-12)11(17)9-7-14-5-3-10(9)15-13/h3,5,7,18H,2,4,6,8,13H2,1H3,(H,14,15). The predicted molar refractivity (Wildman–Crippen MR) is 67.8 cm³/mol. The maximum absolute atomic E-state index is 12.3. The maximum atomic E-state index is 12.3. The Morgan fingerprint density at radius 1 is 1.67 bits per heavy atom. The highest BCUT2D eigenvalue weighted by Crippen LogP contribution is 2.23. The van der Waals surface area contributed by atoms with Gasteiger partial charge in [0, 0.05) is 25.5 Å². The molecule has 0 bridgehead atoms. The number of hydrogen-bond acceptors (Lipinski definition) is 5. The molecule has 1 aromatic rings. The molecule has 1 fully saturated rings. The van der Waals surface area contributed by atoms with Crippen LogP contribution in [0.25, 0.3) is 0 Å². The van der Waals surface area contributed by atoms with Crippen molar-refractivity contribution in [3.63, 3.8) is 0 Å². The molecular weight excluding hydrogens is 232 g/mol. The third kappa shape index (κ3) is 2.60. The Morgan fingerprint density at radius 3 is 3.11 bits per heavy atom. The van der Waals surface area contributed by atoms with Gasteiger partial charge in [0.25, 0.3) is 5.91 Å². The van der Waals surface area contributed by atoms with Crippen LogP contribution in [0, 0.1) is 0 Å². The van der Waals surface area contributed by atoms with Gasteiger partial charge >= 0.3 is 0 Å². The number of pyridine rings is 1. The van der Waals surface area contributed by atoms with Gasteiger partial charge in [0.2, 0.25) is 0 Å². The van der Waals surface area contributed by atoms with Crippen molar-refractivity contribution in [1.82, 2.24) is 9.88 Å². The summed E-state index contributed by atoms with van der Waals surface area (Å²) in [6.45, 7) is 2.73. The Morgan fingerprint density at radius 2 is 2.44 bits per heavy atom.